The molecule has 2 aromatic rings. The minimum Gasteiger partial charge on any atom is -0.336 e. The first-order valence-corrected chi connectivity index (χ1v) is 10.5. The van der Waals surface area contributed by atoms with Crippen LogP contribution in [-0.2, 0) is 14.8 Å². The lowest BCUT2D eigenvalue weighted by Crippen LogP contribution is -2.57. The first-order valence-electron chi connectivity index (χ1n) is 9.05. The standard InChI is InChI=1S/C19H23N3O3S/c23-19-13-20-9-11-22(19)17-6-3-10-21(14-17)26(24,25)18-8-7-15-4-1-2-5-16(15)12-18/h1-2,4-5,7-8,12,17,20H,3,6,9-11,13-14H2. The second-order valence-corrected chi connectivity index (χ2v) is 8.87. The van der Waals surface area contributed by atoms with Gasteiger partial charge in [0.1, 0.15) is 0 Å². The molecule has 2 saturated heterocycles. The van der Waals surface area contributed by atoms with Gasteiger partial charge < -0.3 is 10.2 Å². The molecule has 1 atom stereocenters. The number of piperidine rings is 1. The first-order chi connectivity index (χ1) is 12.6. The third-order valence-electron chi connectivity index (χ3n) is 5.28. The van der Waals surface area contributed by atoms with E-state index in [0.29, 0.717) is 31.1 Å². The molecule has 2 aromatic carbocycles. The Kier molecular flexibility index (Phi) is 4.69. The summed E-state index contributed by atoms with van der Waals surface area (Å²) in [5, 5.41) is 5.00. The van der Waals surface area contributed by atoms with Crippen LogP contribution in [0.1, 0.15) is 12.8 Å². The molecule has 0 saturated carbocycles. The van der Waals surface area contributed by atoms with Crippen LogP contribution in [0.25, 0.3) is 10.8 Å². The molecule has 138 valence electrons. The van der Waals surface area contributed by atoms with Gasteiger partial charge in [0.2, 0.25) is 15.9 Å². The van der Waals surface area contributed by atoms with E-state index in [1.807, 2.05) is 35.2 Å². The quantitative estimate of drug-likeness (QED) is 0.884. The van der Waals surface area contributed by atoms with E-state index in [9.17, 15) is 13.2 Å². The molecule has 0 aliphatic carbocycles. The van der Waals surface area contributed by atoms with Crippen LogP contribution in [0, 0.1) is 0 Å². The van der Waals surface area contributed by atoms with Gasteiger partial charge >= 0.3 is 0 Å². The lowest BCUT2D eigenvalue weighted by Gasteiger charge is -2.40. The van der Waals surface area contributed by atoms with Crippen molar-refractivity contribution < 1.29 is 13.2 Å². The molecule has 0 spiro atoms. The fourth-order valence-electron chi connectivity index (χ4n) is 3.88. The fraction of sp³-hybridized carbons (Fsp3) is 0.421. The summed E-state index contributed by atoms with van der Waals surface area (Å²) in [7, 11) is -3.56. The second-order valence-electron chi connectivity index (χ2n) is 6.93. The van der Waals surface area contributed by atoms with Crippen molar-refractivity contribution in [2.75, 3.05) is 32.7 Å². The average molecular weight is 373 g/mol. The SMILES string of the molecule is O=C1CNCCN1C1CCCN(S(=O)(=O)c2ccc3ccccc3c2)C1. The van der Waals surface area contributed by atoms with E-state index in [2.05, 4.69) is 5.32 Å². The highest BCUT2D eigenvalue weighted by molar-refractivity contribution is 7.89. The molecule has 1 amide bonds. The van der Waals surface area contributed by atoms with Gasteiger partial charge in [0.25, 0.3) is 0 Å². The number of sulfonamides is 1. The maximum atomic E-state index is 13.2. The molecule has 2 heterocycles. The molecular formula is C19H23N3O3S. The molecule has 2 aliphatic rings. The molecule has 4 rings (SSSR count). The van der Waals surface area contributed by atoms with E-state index in [4.69, 9.17) is 0 Å². The summed E-state index contributed by atoms with van der Waals surface area (Å²) < 4.78 is 27.8. The third-order valence-corrected chi connectivity index (χ3v) is 7.15. The van der Waals surface area contributed by atoms with Crippen molar-refractivity contribution in [3.05, 3.63) is 42.5 Å². The Hall–Kier alpha value is -1.96. The smallest absolute Gasteiger partial charge is 0.243 e. The molecule has 2 fully saturated rings. The molecule has 1 N–H and O–H groups in total. The second kappa shape index (κ2) is 6.98. The highest BCUT2D eigenvalue weighted by Gasteiger charge is 2.35. The van der Waals surface area contributed by atoms with Gasteiger partial charge in [0.15, 0.2) is 0 Å². The van der Waals surface area contributed by atoms with Crippen LogP contribution in [0.2, 0.25) is 0 Å². The Morgan fingerprint density at radius 1 is 1.04 bits per heavy atom. The van der Waals surface area contributed by atoms with Crippen LogP contribution in [-0.4, -0.2) is 62.3 Å². The largest absolute Gasteiger partial charge is 0.336 e. The zero-order valence-electron chi connectivity index (χ0n) is 14.6. The number of benzene rings is 2. The van der Waals surface area contributed by atoms with Gasteiger partial charge in [-0.05, 0) is 35.7 Å². The van der Waals surface area contributed by atoms with Crippen LogP contribution < -0.4 is 5.32 Å². The van der Waals surface area contributed by atoms with E-state index < -0.39 is 10.0 Å². The van der Waals surface area contributed by atoms with Gasteiger partial charge in [-0.25, -0.2) is 8.42 Å². The number of nitrogens with zero attached hydrogens (tertiary/aromatic N) is 2. The van der Waals surface area contributed by atoms with Crippen molar-refractivity contribution in [2.24, 2.45) is 0 Å². The van der Waals surface area contributed by atoms with Gasteiger partial charge in [0.05, 0.1) is 11.4 Å². The van der Waals surface area contributed by atoms with Crippen molar-refractivity contribution in [1.82, 2.24) is 14.5 Å². The fourth-order valence-corrected chi connectivity index (χ4v) is 5.43. The lowest BCUT2D eigenvalue weighted by atomic mass is 10.1. The Morgan fingerprint density at radius 3 is 2.65 bits per heavy atom. The van der Waals surface area contributed by atoms with Gasteiger partial charge in [-0.1, -0.05) is 30.3 Å². The number of piperazine rings is 1. The number of carbonyl (C=O) groups excluding carboxylic acids is 1. The topological polar surface area (TPSA) is 69.7 Å². The molecule has 1 unspecified atom stereocenters. The van der Waals surface area contributed by atoms with Crippen molar-refractivity contribution in [3.8, 4) is 0 Å². The molecule has 26 heavy (non-hydrogen) atoms. The summed E-state index contributed by atoms with van der Waals surface area (Å²) in [6.45, 7) is 2.63. The monoisotopic (exact) mass is 373 g/mol. The summed E-state index contributed by atoms with van der Waals surface area (Å²) in [6, 6.07) is 13.0. The summed E-state index contributed by atoms with van der Waals surface area (Å²) in [5.41, 5.74) is 0. The molecule has 0 bridgehead atoms. The van der Waals surface area contributed by atoms with Crippen LogP contribution in [0.3, 0.4) is 0 Å². The maximum absolute atomic E-state index is 13.2. The number of nitrogens with one attached hydrogen (secondary N) is 1. The summed E-state index contributed by atoms with van der Waals surface area (Å²) in [4.78, 5) is 14.3. The first kappa shape index (κ1) is 17.5. The Balaban J connectivity index is 1.59. The van der Waals surface area contributed by atoms with E-state index in [1.54, 1.807) is 16.4 Å². The Labute approximate surface area is 153 Å². The van der Waals surface area contributed by atoms with Crippen molar-refractivity contribution >= 4 is 26.7 Å². The van der Waals surface area contributed by atoms with Crippen molar-refractivity contribution in [3.63, 3.8) is 0 Å². The van der Waals surface area contributed by atoms with Gasteiger partial charge in [-0.3, -0.25) is 4.79 Å². The van der Waals surface area contributed by atoms with E-state index in [1.165, 1.54) is 0 Å². The Bertz CT molecular complexity index is 929. The number of hydrogen-bond acceptors (Lipinski definition) is 4. The average Bonchev–Trinajstić information content (AvgIpc) is 2.68. The zero-order valence-corrected chi connectivity index (χ0v) is 15.4. The summed E-state index contributed by atoms with van der Waals surface area (Å²) in [6.07, 6.45) is 1.63. The van der Waals surface area contributed by atoms with Crippen LogP contribution in [0.4, 0.5) is 0 Å². The molecular weight excluding hydrogens is 350 g/mol. The highest BCUT2D eigenvalue weighted by Crippen LogP contribution is 2.26. The molecule has 0 aromatic heterocycles. The molecule has 6 nitrogen and oxygen atoms in total. The van der Waals surface area contributed by atoms with E-state index in [0.717, 1.165) is 30.2 Å². The number of hydrogen-bond donors (Lipinski definition) is 1. The maximum Gasteiger partial charge on any atom is 0.243 e. The zero-order chi connectivity index (χ0) is 18.1. The predicted octanol–water partition coefficient (Wildman–Crippen LogP) is 1.42. The van der Waals surface area contributed by atoms with E-state index in [-0.39, 0.29) is 11.9 Å². The van der Waals surface area contributed by atoms with Gasteiger partial charge in [-0.2, -0.15) is 4.31 Å². The summed E-state index contributed by atoms with van der Waals surface area (Å²) >= 11 is 0. The minimum atomic E-state index is -3.56. The van der Waals surface area contributed by atoms with Crippen LogP contribution in [0.5, 0.6) is 0 Å². The molecule has 2 aliphatic heterocycles. The third kappa shape index (κ3) is 3.22. The number of fused-ring (bicyclic) bond motifs is 1. The van der Waals surface area contributed by atoms with Gasteiger partial charge in [0, 0.05) is 32.2 Å². The number of carbonyl (C=O) groups is 1. The van der Waals surface area contributed by atoms with Crippen LogP contribution >= 0.6 is 0 Å². The van der Waals surface area contributed by atoms with E-state index >= 15 is 0 Å². The van der Waals surface area contributed by atoms with Crippen LogP contribution in [0.15, 0.2) is 47.4 Å². The number of rotatable bonds is 3. The lowest BCUT2D eigenvalue weighted by molar-refractivity contribution is -0.135. The highest BCUT2D eigenvalue weighted by atomic mass is 32.2. The number of amides is 1. The van der Waals surface area contributed by atoms with Gasteiger partial charge in [-0.15, -0.1) is 0 Å². The van der Waals surface area contributed by atoms with Crippen molar-refractivity contribution in [2.45, 2.75) is 23.8 Å². The summed E-state index contributed by atoms with van der Waals surface area (Å²) in [5.74, 6) is 0.0613. The molecule has 0 radical (unpaired) electrons. The Morgan fingerprint density at radius 2 is 1.85 bits per heavy atom. The minimum absolute atomic E-state index is 0.0337. The predicted molar refractivity (Wildman–Crippen MR) is 100 cm³/mol. The molecule has 7 heteroatoms. The van der Waals surface area contributed by atoms with Crippen molar-refractivity contribution in [1.29, 1.82) is 0 Å². The normalized spacial score (nSPS) is 22.7.